The van der Waals surface area contributed by atoms with Gasteiger partial charge < -0.3 is 24.8 Å². The summed E-state index contributed by atoms with van der Waals surface area (Å²) in [6, 6.07) is 19.5. The van der Waals surface area contributed by atoms with Crippen molar-refractivity contribution in [3.8, 4) is 0 Å². The Morgan fingerprint density at radius 3 is 1.96 bits per heavy atom. The average molecular weight is 437 g/mol. The largest absolute Gasteiger partial charge is 3.00 e. The molecule has 0 saturated carbocycles. The Balaban J connectivity index is 0. The van der Waals surface area contributed by atoms with Crippen LogP contribution in [0.5, 0.6) is 0 Å². The first kappa shape index (κ1) is 27.1. The van der Waals surface area contributed by atoms with Crippen molar-refractivity contribution >= 4 is 20.1 Å². The van der Waals surface area contributed by atoms with Crippen LogP contribution >= 0.6 is 0 Å². The van der Waals surface area contributed by atoms with Gasteiger partial charge in [-0.15, -0.1) is 23.8 Å². The number of carbonyl (C=O) groups excluding carboxylic acids is 1. The van der Waals surface area contributed by atoms with Crippen molar-refractivity contribution in [2.45, 2.75) is 19.5 Å². The molecule has 0 spiro atoms. The van der Waals surface area contributed by atoms with E-state index in [1.165, 1.54) is 11.1 Å². The molecule has 1 aliphatic carbocycles. The Morgan fingerprint density at radius 1 is 0.962 bits per heavy atom. The van der Waals surface area contributed by atoms with Gasteiger partial charge >= 0.3 is 21.7 Å². The van der Waals surface area contributed by atoms with Gasteiger partial charge in [-0.3, -0.25) is 9.43 Å². The van der Waals surface area contributed by atoms with Gasteiger partial charge in [0.05, 0.1) is 0 Å². The quantitative estimate of drug-likeness (QED) is 0.447. The van der Waals surface area contributed by atoms with Gasteiger partial charge in [-0.2, -0.15) is 17.7 Å². The first-order chi connectivity index (χ1) is 11.2. The molecule has 1 radical (unpaired) electrons. The minimum atomic E-state index is -0.805. The van der Waals surface area contributed by atoms with E-state index in [1.54, 1.807) is 12.1 Å². The SMILES string of the molecule is C[Si](C)=NC(=O)c1ccccc1.[C-]1=C(c2ccccc2)C=CC1.[Cl-].[Cl-].[Ti+3]. The molecule has 26 heavy (non-hydrogen) atoms. The summed E-state index contributed by atoms with van der Waals surface area (Å²) in [5, 5.41) is 0. The third kappa shape index (κ3) is 9.56. The maximum absolute atomic E-state index is 11.3. The van der Waals surface area contributed by atoms with Gasteiger partial charge in [-0.25, -0.2) is 0 Å². The molecule has 0 aromatic heterocycles. The molecule has 2 aromatic carbocycles. The Kier molecular flexibility index (Phi) is 15.7. The second kappa shape index (κ2) is 15.0. The van der Waals surface area contributed by atoms with Gasteiger partial charge in [0.15, 0.2) is 0 Å². The second-order valence-electron chi connectivity index (χ2n) is 5.29. The van der Waals surface area contributed by atoms with Gasteiger partial charge in [-0.1, -0.05) is 42.8 Å². The van der Waals surface area contributed by atoms with Crippen LogP contribution in [0.15, 0.2) is 77.4 Å². The molecule has 6 heteroatoms. The first-order valence-electron chi connectivity index (χ1n) is 7.61. The number of hydrogen-bond donors (Lipinski definition) is 0. The number of hydrogen-bond acceptors (Lipinski definition) is 1. The third-order valence-electron chi connectivity index (χ3n) is 3.13. The van der Waals surface area contributed by atoms with Crippen molar-refractivity contribution in [2.24, 2.45) is 4.63 Å². The number of halogens is 2. The molecule has 0 aliphatic heterocycles. The normalized spacial score (nSPS) is 10.6. The molecule has 0 N–H and O–H groups in total. The molecule has 133 valence electrons. The number of amides is 1. The fourth-order valence-electron chi connectivity index (χ4n) is 2.07. The number of carbonyl (C=O) groups is 1. The van der Waals surface area contributed by atoms with Crippen LogP contribution in [0.25, 0.3) is 5.57 Å². The number of rotatable bonds is 2. The van der Waals surface area contributed by atoms with Crippen molar-refractivity contribution < 1.29 is 51.3 Å². The van der Waals surface area contributed by atoms with E-state index in [0.717, 1.165) is 6.42 Å². The van der Waals surface area contributed by atoms with Crippen LogP contribution in [0.3, 0.4) is 0 Å². The van der Waals surface area contributed by atoms with Crippen LogP contribution in [0.4, 0.5) is 0 Å². The van der Waals surface area contributed by atoms with E-state index in [0.29, 0.717) is 5.56 Å². The van der Waals surface area contributed by atoms with E-state index < -0.39 is 8.59 Å². The molecule has 0 saturated heterocycles. The van der Waals surface area contributed by atoms with Gasteiger partial charge in [0.2, 0.25) is 0 Å². The minimum Gasteiger partial charge on any atom is -1.00 e. The Hall–Kier alpha value is -1.10. The molecular weight excluding hydrogens is 417 g/mol. The minimum absolute atomic E-state index is 0. The zero-order valence-electron chi connectivity index (χ0n) is 14.7. The van der Waals surface area contributed by atoms with E-state index in [4.69, 9.17) is 0 Å². The van der Waals surface area contributed by atoms with Crippen LogP contribution in [-0.2, 0) is 21.7 Å². The molecular formula is C20H20Cl2NOSiTi. The maximum Gasteiger partial charge on any atom is 3.00 e. The fourth-order valence-corrected chi connectivity index (χ4v) is 2.60. The molecule has 0 unspecified atom stereocenters. The topological polar surface area (TPSA) is 29.4 Å². The summed E-state index contributed by atoms with van der Waals surface area (Å²) >= 11 is 0. The molecule has 0 heterocycles. The molecule has 0 bridgehead atoms. The van der Waals surface area contributed by atoms with E-state index >= 15 is 0 Å². The molecule has 2 nitrogen and oxygen atoms in total. The predicted octanol–water partition coefficient (Wildman–Crippen LogP) is -0.815. The maximum atomic E-state index is 11.3. The van der Waals surface area contributed by atoms with Crippen molar-refractivity contribution in [3.63, 3.8) is 0 Å². The van der Waals surface area contributed by atoms with Crippen molar-refractivity contribution in [3.05, 3.63) is 90.0 Å². The summed E-state index contributed by atoms with van der Waals surface area (Å²) in [4.78, 5) is 11.3. The van der Waals surface area contributed by atoms with Crippen molar-refractivity contribution in [2.75, 3.05) is 0 Å². The Labute approximate surface area is 184 Å². The first-order valence-corrected chi connectivity index (χ1v) is 10.1. The summed E-state index contributed by atoms with van der Waals surface area (Å²) in [6.45, 7) is 3.98. The standard InChI is InChI=1S/C11H9.C9H11NOSi.2ClH.Ti/c1-2-6-10(7-3-1)11-8-4-5-9-11;1-12(2)10-9(11)8-6-4-3-5-7-8;;;/h1-4,6-8H,5H2;3-7H,1-2H3;2*1H;/q-1;;;;+3/p-2. The van der Waals surface area contributed by atoms with Crippen LogP contribution in [0, 0.1) is 6.08 Å². The van der Waals surface area contributed by atoms with E-state index in [9.17, 15) is 4.79 Å². The summed E-state index contributed by atoms with van der Waals surface area (Å²) in [5.41, 5.74) is 3.18. The van der Waals surface area contributed by atoms with E-state index in [2.05, 4.69) is 47.1 Å². The molecule has 0 fully saturated rings. The van der Waals surface area contributed by atoms with Gasteiger partial charge in [0, 0.05) is 5.56 Å². The summed E-state index contributed by atoms with van der Waals surface area (Å²) < 4.78 is 4.01. The number of allylic oxidation sites excluding steroid dienone is 4. The van der Waals surface area contributed by atoms with Gasteiger partial charge in [0.1, 0.15) is 8.59 Å². The molecule has 2 aromatic rings. The summed E-state index contributed by atoms with van der Waals surface area (Å²) in [6.07, 6.45) is 8.49. The van der Waals surface area contributed by atoms with E-state index in [-0.39, 0.29) is 52.4 Å². The average Bonchev–Trinajstić information content (AvgIpc) is 3.11. The second-order valence-corrected chi connectivity index (χ2v) is 7.41. The molecule has 1 amide bonds. The zero-order chi connectivity index (χ0) is 16.5. The van der Waals surface area contributed by atoms with Crippen molar-refractivity contribution in [1.82, 2.24) is 0 Å². The summed E-state index contributed by atoms with van der Waals surface area (Å²) in [7, 11) is -0.805. The molecule has 3 rings (SSSR count). The fraction of sp³-hybridized carbons (Fsp3) is 0.150. The number of benzene rings is 2. The van der Waals surface area contributed by atoms with Crippen LogP contribution < -0.4 is 24.8 Å². The van der Waals surface area contributed by atoms with E-state index in [1.807, 2.05) is 37.4 Å². The Bertz CT molecular complexity index is 743. The monoisotopic (exact) mass is 436 g/mol. The van der Waals surface area contributed by atoms with Crippen LogP contribution in [0.2, 0.25) is 13.1 Å². The predicted molar refractivity (Wildman–Crippen MR) is 97.5 cm³/mol. The number of nitrogens with zero attached hydrogens (tertiary/aromatic N) is 1. The van der Waals surface area contributed by atoms with Gasteiger partial charge in [0.25, 0.3) is 5.91 Å². The van der Waals surface area contributed by atoms with Crippen molar-refractivity contribution in [1.29, 1.82) is 0 Å². The Morgan fingerprint density at radius 2 is 1.50 bits per heavy atom. The smallest absolute Gasteiger partial charge is 1.00 e. The van der Waals surface area contributed by atoms with Crippen LogP contribution in [-0.4, -0.2) is 14.5 Å². The van der Waals surface area contributed by atoms with Gasteiger partial charge in [-0.05, 0) is 25.2 Å². The molecule has 0 atom stereocenters. The summed E-state index contributed by atoms with van der Waals surface area (Å²) in [5.74, 6) is -0.0884. The van der Waals surface area contributed by atoms with Crippen LogP contribution in [0.1, 0.15) is 22.3 Å². The molecule has 1 aliphatic rings. The third-order valence-corrected chi connectivity index (χ3v) is 3.78. The zero-order valence-corrected chi connectivity index (χ0v) is 18.8.